The Morgan fingerprint density at radius 1 is 1.15 bits per heavy atom. The fourth-order valence-electron chi connectivity index (χ4n) is 8.70. The van der Waals surface area contributed by atoms with E-state index in [0.29, 0.717) is 61.4 Å². The highest BCUT2D eigenvalue weighted by Crippen LogP contribution is 2.42. The summed E-state index contributed by atoms with van der Waals surface area (Å²) < 4.78 is 46.5. The summed E-state index contributed by atoms with van der Waals surface area (Å²) in [6.07, 6.45) is 15.7. The summed E-state index contributed by atoms with van der Waals surface area (Å²) in [5.41, 5.74) is 4.60. The second kappa shape index (κ2) is 13.8. The van der Waals surface area contributed by atoms with Crippen LogP contribution < -0.4 is 9.64 Å². The summed E-state index contributed by atoms with van der Waals surface area (Å²) in [5, 5.41) is 26.6. The third kappa shape index (κ3) is 6.04. The molecule has 13 nitrogen and oxygen atoms in total. The first-order chi connectivity index (χ1) is 25.9. The number of allylic oxidation sites excluding steroid dienone is 2. The van der Waals surface area contributed by atoms with Crippen LogP contribution in [0.15, 0.2) is 43.0 Å². The molecule has 276 valence electrons. The average molecular weight is 725 g/mol. The van der Waals surface area contributed by atoms with Gasteiger partial charge in [0, 0.05) is 55.1 Å². The van der Waals surface area contributed by atoms with Gasteiger partial charge in [-0.05, 0) is 81.7 Å². The Balaban J connectivity index is 1.18. The quantitative estimate of drug-likeness (QED) is 0.186. The fraction of sp³-hybridized carbons (Fsp3) is 0.474. The number of aryl methyl sites for hydroxylation is 1. The summed E-state index contributed by atoms with van der Waals surface area (Å²) in [5.74, 6) is -0.200. The number of nitrogens with zero attached hydrogens (tertiary/aromatic N) is 9. The molecule has 5 aromatic rings. The van der Waals surface area contributed by atoms with Crippen LogP contribution in [-0.2, 0) is 11.2 Å². The Morgan fingerprint density at radius 3 is 2.91 bits per heavy atom. The van der Waals surface area contributed by atoms with Crippen LogP contribution in [-0.4, -0.2) is 101 Å². The molecule has 3 atom stereocenters. The SMILES string of the molecule is Cc1cc2c(cnn2C2CCCCO2)c(-c2ncc3c(N4C=CC=C(c5cn[nH]n5)C4)nc(OC[C@@]45CCCN4C[C@H](F)C5)nc3c2F)c1CCCO. The van der Waals surface area contributed by atoms with Gasteiger partial charge in [0.2, 0.25) is 0 Å². The average Bonchev–Trinajstić information content (AvgIpc) is 3.99. The highest BCUT2D eigenvalue weighted by atomic mass is 19.1. The fourth-order valence-corrected chi connectivity index (χ4v) is 8.70. The largest absolute Gasteiger partial charge is 0.461 e. The lowest BCUT2D eigenvalue weighted by Crippen LogP contribution is -2.43. The third-order valence-corrected chi connectivity index (χ3v) is 11.3. The first-order valence-electron chi connectivity index (χ1n) is 18.5. The molecule has 0 bridgehead atoms. The minimum atomic E-state index is -0.918. The van der Waals surface area contributed by atoms with Gasteiger partial charge in [-0.2, -0.15) is 30.5 Å². The maximum absolute atomic E-state index is 17.5. The van der Waals surface area contributed by atoms with Crippen LogP contribution in [0.25, 0.3) is 38.6 Å². The molecule has 0 saturated carbocycles. The number of anilines is 1. The minimum Gasteiger partial charge on any atom is -0.461 e. The Hall–Kier alpha value is -4.86. The first kappa shape index (κ1) is 33.9. The molecule has 0 amide bonds. The smallest absolute Gasteiger partial charge is 0.319 e. The van der Waals surface area contributed by atoms with Gasteiger partial charge in [0.1, 0.15) is 35.5 Å². The van der Waals surface area contributed by atoms with Crippen molar-refractivity contribution in [3.8, 4) is 17.3 Å². The lowest BCUT2D eigenvalue weighted by molar-refractivity contribution is -0.0366. The number of hydrogen-bond acceptors (Lipinski definition) is 11. The summed E-state index contributed by atoms with van der Waals surface area (Å²) in [6, 6.07) is 2.08. The number of benzene rings is 1. The van der Waals surface area contributed by atoms with Crippen molar-refractivity contribution in [2.24, 2.45) is 0 Å². The molecule has 0 aliphatic carbocycles. The third-order valence-electron chi connectivity index (χ3n) is 11.3. The van der Waals surface area contributed by atoms with E-state index < -0.39 is 17.5 Å². The number of aliphatic hydroxyl groups excluding tert-OH is 1. The van der Waals surface area contributed by atoms with Gasteiger partial charge in [-0.3, -0.25) is 9.88 Å². The molecule has 1 unspecified atom stereocenters. The van der Waals surface area contributed by atoms with Gasteiger partial charge in [-0.1, -0.05) is 6.08 Å². The van der Waals surface area contributed by atoms with E-state index in [2.05, 4.69) is 26.4 Å². The van der Waals surface area contributed by atoms with Crippen molar-refractivity contribution in [1.29, 1.82) is 0 Å². The van der Waals surface area contributed by atoms with Crippen molar-refractivity contribution < 1.29 is 23.4 Å². The predicted molar refractivity (Wildman–Crippen MR) is 194 cm³/mol. The van der Waals surface area contributed by atoms with Gasteiger partial charge in [0.25, 0.3) is 0 Å². The molecule has 0 radical (unpaired) electrons. The van der Waals surface area contributed by atoms with E-state index in [1.54, 1.807) is 18.6 Å². The van der Waals surface area contributed by atoms with Crippen molar-refractivity contribution in [2.45, 2.75) is 76.2 Å². The molecular formula is C38H42F2N10O3. The molecule has 4 aliphatic rings. The number of nitrogens with one attached hydrogen (secondary N) is 1. The number of fused-ring (bicyclic) bond motifs is 3. The summed E-state index contributed by atoms with van der Waals surface area (Å²) in [6.45, 7) is 4.44. The molecule has 8 heterocycles. The summed E-state index contributed by atoms with van der Waals surface area (Å²) in [7, 11) is 0. The van der Waals surface area contributed by atoms with E-state index in [1.807, 2.05) is 34.9 Å². The van der Waals surface area contributed by atoms with Crippen molar-refractivity contribution in [2.75, 3.05) is 44.4 Å². The Kier molecular flexibility index (Phi) is 8.87. The Morgan fingerprint density at radius 2 is 2.08 bits per heavy atom. The molecule has 2 N–H and O–H groups in total. The normalized spacial score (nSPS) is 23.3. The number of halogens is 2. The molecule has 0 spiro atoms. The maximum atomic E-state index is 17.5. The summed E-state index contributed by atoms with van der Waals surface area (Å²) in [4.78, 5) is 18.4. The van der Waals surface area contributed by atoms with Gasteiger partial charge >= 0.3 is 6.01 Å². The number of hydrogen-bond donors (Lipinski definition) is 2. The van der Waals surface area contributed by atoms with Crippen molar-refractivity contribution >= 4 is 33.2 Å². The van der Waals surface area contributed by atoms with Crippen LogP contribution in [0.4, 0.5) is 14.6 Å². The first-order valence-corrected chi connectivity index (χ1v) is 18.5. The highest BCUT2D eigenvalue weighted by molar-refractivity contribution is 6.00. The highest BCUT2D eigenvalue weighted by Gasteiger charge is 2.49. The number of pyridine rings is 1. The van der Waals surface area contributed by atoms with E-state index in [4.69, 9.17) is 29.5 Å². The van der Waals surface area contributed by atoms with Gasteiger partial charge < -0.3 is 19.5 Å². The number of rotatable bonds is 10. The minimum absolute atomic E-state index is 0.00674. The lowest BCUT2D eigenvalue weighted by atomic mass is 9.92. The molecular weight excluding hydrogens is 682 g/mol. The molecule has 1 aromatic carbocycles. The monoisotopic (exact) mass is 724 g/mol. The zero-order valence-corrected chi connectivity index (χ0v) is 29.6. The van der Waals surface area contributed by atoms with E-state index in [0.717, 1.165) is 66.3 Å². The number of aromatic nitrogens is 8. The van der Waals surface area contributed by atoms with Gasteiger partial charge in [-0.15, -0.1) is 0 Å². The van der Waals surface area contributed by atoms with Gasteiger partial charge in [0.05, 0.1) is 35.4 Å². The van der Waals surface area contributed by atoms with Gasteiger partial charge in [0.15, 0.2) is 12.0 Å². The van der Waals surface area contributed by atoms with Crippen LogP contribution in [0.3, 0.4) is 0 Å². The zero-order valence-electron chi connectivity index (χ0n) is 29.6. The second-order valence-electron chi connectivity index (χ2n) is 14.6. The Bertz CT molecular complexity index is 2220. The van der Waals surface area contributed by atoms with Crippen LogP contribution in [0.5, 0.6) is 6.01 Å². The van der Waals surface area contributed by atoms with Crippen molar-refractivity contribution in [3.63, 3.8) is 0 Å². The molecule has 15 heteroatoms. The van der Waals surface area contributed by atoms with Gasteiger partial charge in [-0.25, -0.2) is 13.5 Å². The van der Waals surface area contributed by atoms with E-state index in [-0.39, 0.29) is 36.7 Å². The predicted octanol–water partition coefficient (Wildman–Crippen LogP) is 5.60. The number of aromatic amines is 1. The topological polar surface area (TPSA) is 143 Å². The van der Waals surface area contributed by atoms with Crippen LogP contribution in [0, 0.1) is 12.7 Å². The number of alkyl halides is 1. The van der Waals surface area contributed by atoms with E-state index >= 15 is 4.39 Å². The molecule has 3 saturated heterocycles. The van der Waals surface area contributed by atoms with E-state index in [9.17, 15) is 9.50 Å². The molecule has 53 heavy (non-hydrogen) atoms. The zero-order chi connectivity index (χ0) is 36.1. The molecule has 9 rings (SSSR count). The molecule has 4 aromatic heterocycles. The maximum Gasteiger partial charge on any atom is 0.319 e. The van der Waals surface area contributed by atoms with E-state index in [1.165, 1.54) is 0 Å². The number of ether oxygens (including phenoxy) is 2. The van der Waals surface area contributed by atoms with Crippen LogP contribution >= 0.6 is 0 Å². The van der Waals surface area contributed by atoms with Crippen molar-refractivity contribution in [3.05, 3.63) is 65.6 Å². The standard InChI is InChI=1S/C38H42F2N10O3/c1-23-15-30-27(18-43-50(30)31-9-2-3-14-52-31)32(26(23)8-5-13-51)35-33(40)34-28(17-41-35)36(48-11-4-7-24(20-48)29-19-42-47-46-29)45-37(44-34)53-22-38-10-6-12-49(38)21-25(39)16-38/h4,7,11,15,17-19,25,31,51H,2-3,5-6,8-10,12-14,16,20-22H2,1H3,(H,42,46,47)/t25-,31?,38+/m1/s1. The molecule has 4 aliphatic heterocycles. The molecule has 3 fully saturated rings. The lowest BCUT2D eigenvalue weighted by Gasteiger charge is -2.31. The second-order valence-corrected chi connectivity index (χ2v) is 14.6. The van der Waals surface area contributed by atoms with Crippen LogP contribution in [0.1, 0.15) is 68.0 Å². The Labute approximate surface area is 304 Å². The summed E-state index contributed by atoms with van der Waals surface area (Å²) >= 11 is 0. The number of H-pyrrole nitrogens is 1. The van der Waals surface area contributed by atoms with Crippen molar-refractivity contribution in [1.82, 2.24) is 45.0 Å². The number of aliphatic hydroxyl groups is 1. The van der Waals surface area contributed by atoms with Crippen LogP contribution in [0.2, 0.25) is 0 Å².